The van der Waals surface area contributed by atoms with E-state index in [0.717, 1.165) is 39.9 Å². The van der Waals surface area contributed by atoms with Gasteiger partial charge in [-0.2, -0.15) is 5.10 Å². The number of hydrogen-bond acceptors (Lipinski definition) is 6. The molecule has 0 saturated carbocycles. The molecule has 0 atom stereocenters. The summed E-state index contributed by atoms with van der Waals surface area (Å²) in [6, 6.07) is 8.15. The Balaban J connectivity index is 1.43. The van der Waals surface area contributed by atoms with Gasteiger partial charge in [0.2, 0.25) is 0 Å². The molecule has 0 N–H and O–H groups in total. The number of ether oxygens (including phenoxy) is 1. The van der Waals surface area contributed by atoms with Crippen molar-refractivity contribution < 1.29 is 9.53 Å². The third-order valence-electron chi connectivity index (χ3n) is 5.13. The molecule has 0 spiro atoms. The zero-order chi connectivity index (χ0) is 20.5. The van der Waals surface area contributed by atoms with Crippen molar-refractivity contribution in [1.29, 1.82) is 0 Å². The van der Waals surface area contributed by atoms with Gasteiger partial charge < -0.3 is 14.5 Å². The lowest BCUT2D eigenvalue weighted by Gasteiger charge is -2.34. The van der Waals surface area contributed by atoms with E-state index in [-0.39, 0.29) is 11.9 Å². The zero-order valence-corrected chi connectivity index (χ0v) is 18.2. The highest BCUT2D eigenvalue weighted by molar-refractivity contribution is 7.22. The first-order chi connectivity index (χ1) is 14.0. The largest absolute Gasteiger partial charge is 0.494 e. The minimum Gasteiger partial charge on any atom is -0.494 e. The molecule has 1 aliphatic rings. The van der Waals surface area contributed by atoms with Gasteiger partial charge in [-0.1, -0.05) is 11.3 Å². The third kappa shape index (κ3) is 3.94. The number of carbonyl (C=O) groups is 1. The van der Waals surface area contributed by atoms with Crippen LogP contribution in [0.3, 0.4) is 0 Å². The second kappa shape index (κ2) is 8.02. The summed E-state index contributed by atoms with van der Waals surface area (Å²) in [5, 5.41) is 5.50. The molecule has 2 aromatic heterocycles. The number of rotatable bonds is 5. The van der Waals surface area contributed by atoms with Crippen molar-refractivity contribution in [3.63, 3.8) is 0 Å². The van der Waals surface area contributed by atoms with E-state index in [1.54, 1.807) is 11.3 Å². The maximum atomic E-state index is 12.9. The summed E-state index contributed by atoms with van der Waals surface area (Å²) in [6.45, 7) is 11.7. The summed E-state index contributed by atoms with van der Waals surface area (Å²) < 4.78 is 8.62. The fourth-order valence-electron chi connectivity index (χ4n) is 3.66. The summed E-state index contributed by atoms with van der Waals surface area (Å²) in [7, 11) is 0. The highest BCUT2D eigenvalue weighted by Crippen LogP contribution is 2.32. The first-order valence-corrected chi connectivity index (χ1v) is 10.9. The molecule has 0 bridgehead atoms. The van der Waals surface area contributed by atoms with E-state index >= 15 is 0 Å². The molecule has 0 aliphatic carbocycles. The van der Waals surface area contributed by atoms with Crippen molar-refractivity contribution in [2.75, 3.05) is 37.7 Å². The second-order valence-electron chi connectivity index (χ2n) is 7.55. The van der Waals surface area contributed by atoms with Gasteiger partial charge in [-0.15, -0.1) is 0 Å². The molecule has 4 rings (SSSR count). The normalized spacial score (nSPS) is 14.8. The molecule has 29 heavy (non-hydrogen) atoms. The summed E-state index contributed by atoms with van der Waals surface area (Å²) in [6.07, 6.45) is 0. The first kappa shape index (κ1) is 19.7. The minimum atomic E-state index is 0.0119. The van der Waals surface area contributed by atoms with E-state index < -0.39 is 0 Å². The Kier molecular flexibility index (Phi) is 5.45. The number of thiazole rings is 1. The smallest absolute Gasteiger partial charge is 0.274 e. The lowest BCUT2D eigenvalue weighted by atomic mass is 10.2. The van der Waals surface area contributed by atoms with Crippen molar-refractivity contribution in [1.82, 2.24) is 19.7 Å². The number of fused-ring (bicyclic) bond motifs is 1. The quantitative estimate of drug-likeness (QED) is 0.638. The molecule has 1 aliphatic heterocycles. The zero-order valence-electron chi connectivity index (χ0n) is 17.4. The molecule has 7 nitrogen and oxygen atoms in total. The Bertz CT molecular complexity index is 1020. The van der Waals surface area contributed by atoms with Gasteiger partial charge in [0.05, 0.1) is 16.8 Å². The molecular weight excluding hydrogens is 386 g/mol. The second-order valence-corrected chi connectivity index (χ2v) is 8.56. The number of nitrogens with zero attached hydrogens (tertiary/aromatic N) is 5. The van der Waals surface area contributed by atoms with Crippen LogP contribution >= 0.6 is 11.3 Å². The third-order valence-corrected chi connectivity index (χ3v) is 6.21. The molecule has 8 heteroatoms. The maximum Gasteiger partial charge on any atom is 0.274 e. The summed E-state index contributed by atoms with van der Waals surface area (Å²) >= 11 is 1.67. The van der Waals surface area contributed by atoms with Crippen LogP contribution in [0.15, 0.2) is 24.3 Å². The van der Waals surface area contributed by atoms with E-state index in [0.29, 0.717) is 25.4 Å². The average molecular weight is 414 g/mol. The number of anilines is 1. The standard InChI is InChI=1S/C21H27N5O2S/c1-5-28-16-6-7-17-19(13-16)29-21(22-17)25-10-8-24(9-11-25)20(27)18-12-15(4)26(23-18)14(2)3/h6-7,12-14H,5,8-11H2,1-4H3. The fraction of sp³-hybridized carbons (Fsp3) is 0.476. The van der Waals surface area contributed by atoms with Gasteiger partial charge in [-0.3, -0.25) is 9.48 Å². The van der Waals surface area contributed by atoms with Crippen molar-refractivity contribution in [2.45, 2.75) is 33.7 Å². The van der Waals surface area contributed by atoms with Gasteiger partial charge >= 0.3 is 0 Å². The van der Waals surface area contributed by atoms with E-state index in [4.69, 9.17) is 9.72 Å². The lowest BCUT2D eigenvalue weighted by Crippen LogP contribution is -2.48. The molecule has 3 heterocycles. The molecule has 0 unspecified atom stereocenters. The van der Waals surface area contributed by atoms with Crippen LogP contribution in [0.1, 0.15) is 43.0 Å². The topological polar surface area (TPSA) is 63.5 Å². The Morgan fingerprint density at radius 3 is 2.62 bits per heavy atom. The van der Waals surface area contributed by atoms with Crippen LogP contribution in [0.4, 0.5) is 5.13 Å². The number of amides is 1. The molecular formula is C21H27N5O2S. The van der Waals surface area contributed by atoms with E-state index in [1.165, 1.54) is 0 Å². The average Bonchev–Trinajstić information content (AvgIpc) is 3.31. The van der Waals surface area contributed by atoms with Gasteiger partial charge in [0.1, 0.15) is 5.75 Å². The van der Waals surface area contributed by atoms with Gasteiger partial charge in [0.25, 0.3) is 5.91 Å². The van der Waals surface area contributed by atoms with Gasteiger partial charge in [-0.25, -0.2) is 4.98 Å². The van der Waals surface area contributed by atoms with Crippen LogP contribution in [0, 0.1) is 6.92 Å². The molecule has 1 aromatic carbocycles. The van der Waals surface area contributed by atoms with Gasteiger partial charge in [0.15, 0.2) is 10.8 Å². The van der Waals surface area contributed by atoms with Crippen LogP contribution in [0.5, 0.6) is 5.75 Å². The number of aromatic nitrogens is 3. The predicted octanol–water partition coefficient (Wildman–Crippen LogP) is 3.74. The molecule has 0 radical (unpaired) electrons. The number of piperazine rings is 1. The highest BCUT2D eigenvalue weighted by Gasteiger charge is 2.26. The highest BCUT2D eigenvalue weighted by atomic mass is 32.1. The Labute approximate surface area is 174 Å². The SMILES string of the molecule is CCOc1ccc2nc(N3CCN(C(=O)c4cc(C)n(C(C)C)n4)CC3)sc2c1. The van der Waals surface area contributed by atoms with E-state index in [2.05, 4.69) is 23.8 Å². The van der Waals surface area contributed by atoms with Gasteiger partial charge in [-0.05, 0) is 52.0 Å². The molecule has 3 aromatic rings. The number of aryl methyl sites for hydroxylation is 1. The fourth-order valence-corrected chi connectivity index (χ4v) is 4.71. The van der Waals surface area contributed by atoms with E-state index in [1.807, 2.05) is 47.7 Å². The number of carbonyl (C=O) groups excluding carboxylic acids is 1. The predicted molar refractivity (Wildman–Crippen MR) is 116 cm³/mol. The van der Waals surface area contributed by atoms with Crippen molar-refractivity contribution >= 4 is 32.6 Å². The van der Waals surface area contributed by atoms with Crippen molar-refractivity contribution in [3.05, 3.63) is 35.7 Å². The Morgan fingerprint density at radius 1 is 1.21 bits per heavy atom. The first-order valence-electron chi connectivity index (χ1n) is 10.1. The van der Waals surface area contributed by atoms with E-state index in [9.17, 15) is 4.79 Å². The van der Waals surface area contributed by atoms with Crippen molar-refractivity contribution in [3.8, 4) is 5.75 Å². The molecule has 154 valence electrons. The Hall–Kier alpha value is -2.61. The Morgan fingerprint density at radius 2 is 1.97 bits per heavy atom. The van der Waals surface area contributed by atoms with Crippen LogP contribution < -0.4 is 9.64 Å². The molecule has 1 amide bonds. The van der Waals surface area contributed by atoms with Crippen LogP contribution in [-0.4, -0.2) is 58.4 Å². The number of benzene rings is 1. The van der Waals surface area contributed by atoms with Gasteiger partial charge in [0, 0.05) is 37.9 Å². The molecule has 1 fully saturated rings. The summed E-state index contributed by atoms with van der Waals surface area (Å²) in [5.74, 6) is 0.888. The lowest BCUT2D eigenvalue weighted by molar-refractivity contribution is 0.0739. The van der Waals surface area contributed by atoms with Crippen LogP contribution in [0.2, 0.25) is 0 Å². The monoisotopic (exact) mass is 413 g/mol. The molecule has 1 saturated heterocycles. The van der Waals surface area contributed by atoms with Crippen molar-refractivity contribution in [2.24, 2.45) is 0 Å². The van der Waals surface area contributed by atoms with Crippen LogP contribution in [0.25, 0.3) is 10.2 Å². The minimum absolute atomic E-state index is 0.0119. The summed E-state index contributed by atoms with van der Waals surface area (Å²) in [4.78, 5) is 21.8. The summed E-state index contributed by atoms with van der Waals surface area (Å²) in [5.41, 5.74) is 2.54. The maximum absolute atomic E-state index is 12.9. The van der Waals surface area contributed by atoms with Crippen LogP contribution in [-0.2, 0) is 0 Å². The number of hydrogen-bond donors (Lipinski definition) is 0.